The van der Waals surface area contributed by atoms with E-state index < -0.39 is 53.3 Å². The van der Waals surface area contributed by atoms with Crippen LogP contribution < -0.4 is 20.4 Å². The number of hydrogen-bond acceptors (Lipinski definition) is 14. The van der Waals surface area contributed by atoms with Crippen molar-refractivity contribution in [1.29, 1.82) is 0 Å². The highest BCUT2D eigenvalue weighted by atomic mass is 32.1. The third-order valence-corrected chi connectivity index (χ3v) is 14.8. The van der Waals surface area contributed by atoms with Gasteiger partial charge in [-0.15, -0.1) is 21.5 Å². The molecule has 342 valence electrons. The molecule has 6 amide bonds. The number of rotatable bonds is 10. The molecule has 5 aromatic rings. The Morgan fingerprint density at radius 1 is 0.851 bits per heavy atom. The van der Waals surface area contributed by atoms with Gasteiger partial charge in [0, 0.05) is 91.7 Å². The van der Waals surface area contributed by atoms with E-state index in [2.05, 4.69) is 40.5 Å². The smallest absolute Gasteiger partial charge is 0.262 e. The third-order valence-electron chi connectivity index (χ3n) is 14.1. The normalized spacial score (nSPS) is 22.3. The van der Waals surface area contributed by atoms with E-state index in [9.17, 15) is 38.3 Å². The number of nitrogens with one attached hydrogen (secondary N) is 2. The minimum atomic E-state index is -1.33. The van der Waals surface area contributed by atoms with Crippen LogP contribution in [0.3, 0.4) is 0 Å². The van der Waals surface area contributed by atoms with Crippen LogP contribution in [-0.2, 0) is 20.9 Å². The molecule has 2 bridgehead atoms. The first-order valence-corrected chi connectivity index (χ1v) is 23.4. The molecule has 4 unspecified atom stereocenters. The van der Waals surface area contributed by atoms with Crippen molar-refractivity contribution in [2.45, 2.75) is 69.2 Å². The van der Waals surface area contributed by atoms with Gasteiger partial charge in [-0.3, -0.25) is 49.2 Å². The number of thiazole rings is 1. The van der Waals surface area contributed by atoms with Gasteiger partial charge in [0.2, 0.25) is 11.8 Å². The first kappa shape index (κ1) is 42.5. The van der Waals surface area contributed by atoms with E-state index >= 15 is 0 Å². The Morgan fingerprint density at radius 3 is 2.37 bits per heavy atom. The monoisotopic (exact) mass is 924 g/mol. The van der Waals surface area contributed by atoms with Crippen molar-refractivity contribution in [2.75, 3.05) is 47.8 Å². The second-order valence-electron chi connectivity index (χ2n) is 18.1. The van der Waals surface area contributed by atoms with Crippen LogP contribution in [0.5, 0.6) is 5.75 Å². The fourth-order valence-electron chi connectivity index (χ4n) is 10.9. The van der Waals surface area contributed by atoms with Gasteiger partial charge in [0.15, 0.2) is 10.9 Å². The quantitative estimate of drug-likeness (QED) is 0.162. The number of imide groups is 2. The highest BCUT2D eigenvalue weighted by Crippen LogP contribution is 2.40. The second-order valence-corrected chi connectivity index (χ2v) is 19.0. The van der Waals surface area contributed by atoms with Crippen molar-refractivity contribution in [3.63, 3.8) is 0 Å². The Bertz CT molecular complexity index is 2840. The predicted octanol–water partition coefficient (Wildman–Crippen LogP) is 4.75. The van der Waals surface area contributed by atoms with Crippen molar-refractivity contribution in [1.82, 2.24) is 35.2 Å². The van der Waals surface area contributed by atoms with Crippen LogP contribution >= 0.6 is 11.3 Å². The molecular formula is C48H45FN10O7S. The molecule has 6 aliphatic heterocycles. The minimum Gasteiger partial charge on any atom is -0.508 e. The molecule has 3 aromatic carbocycles. The molecule has 4 atom stereocenters. The molecule has 0 aliphatic carbocycles. The molecule has 0 spiro atoms. The van der Waals surface area contributed by atoms with Crippen molar-refractivity contribution >= 4 is 63.4 Å². The number of aromatic nitrogens is 3. The fraction of sp³-hybridized carbons (Fsp3) is 0.354. The Labute approximate surface area is 387 Å². The van der Waals surface area contributed by atoms with Gasteiger partial charge in [-0.05, 0) is 98.2 Å². The number of aromatic hydroxyl groups is 1. The number of amides is 6. The Balaban J connectivity index is 0.701. The van der Waals surface area contributed by atoms with Crippen molar-refractivity contribution in [3.05, 3.63) is 112 Å². The largest absolute Gasteiger partial charge is 0.508 e. The fourth-order valence-corrected chi connectivity index (χ4v) is 11.4. The van der Waals surface area contributed by atoms with Gasteiger partial charge >= 0.3 is 0 Å². The summed E-state index contributed by atoms with van der Waals surface area (Å²) in [6, 6.07) is 16.2. The minimum absolute atomic E-state index is 0.0383. The summed E-state index contributed by atoms with van der Waals surface area (Å²) in [5.41, 5.74) is 3.78. The van der Waals surface area contributed by atoms with Gasteiger partial charge < -0.3 is 19.8 Å². The average molecular weight is 925 g/mol. The number of halogens is 1. The lowest BCUT2D eigenvalue weighted by atomic mass is 9.95. The molecular weight excluding hydrogens is 880 g/mol. The Kier molecular flexibility index (Phi) is 10.8. The summed E-state index contributed by atoms with van der Waals surface area (Å²) in [7, 11) is 0. The number of piperidine rings is 2. The number of phenols is 1. The number of fused-ring (bicyclic) bond motifs is 4. The van der Waals surface area contributed by atoms with Crippen LogP contribution in [0.2, 0.25) is 0 Å². The Hall–Kier alpha value is -7.12. The summed E-state index contributed by atoms with van der Waals surface area (Å²) in [6.45, 7) is 4.54. The number of hydrogen-bond donors (Lipinski definition) is 3. The summed E-state index contributed by atoms with van der Waals surface area (Å²) < 4.78 is 14.5. The molecule has 0 saturated carbocycles. The summed E-state index contributed by atoms with van der Waals surface area (Å²) in [6.07, 6.45) is 5.81. The molecule has 3 N–H and O–H groups in total. The molecule has 0 radical (unpaired) electrons. The maximum atomic E-state index is 14.5. The van der Waals surface area contributed by atoms with Gasteiger partial charge in [-0.1, -0.05) is 12.1 Å². The number of phenolic OH excluding ortho intramolecular Hbond substituents is 1. The zero-order valence-corrected chi connectivity index (χ0v) is 37.0. The molecule has 4 saturated heterocycles. The van der Waals surface area contributed by atoms with Crippen molar-refractivity contribution in [2.24, 2.45) is 5.92 Å². The van der Waals surface area contributed by atoms with Crippen LogP contribution in [0.1, 0.15) is 86.8 Å². The topological polar surface area (TPSA) is 202 Å². The predicted molar refractivity (Wildman–Crippen MR) is 243 cm³/mol. The molecule has 67 heavy (non-hydrogen) atoms. The van der Waals surface area contributed by atoms with E-state index in [0.29, 0.717) is 39.0 Å². The molecule has 8 heterocycles. The number of carbonyl (C=O) groups excluding carboxylic acids is 6. The summed E-state index contributed by atoms with van der Waals surface area (Å²) in [4.78, 5) is 92.5. The number of benzene rings is 3. The van der Waals surface area contributed by atoms with Crippen LogP contribution in [0.25, 0.3) is 11.3 Å². The molecule has 17 nitrogen and oxygen atoms in total. The lowest BCUT2D eigenvalue weighted by Gasteiger charge is -2.44. The van der Waals surface area contributed by atoms with Gasteiger partial charge in [-0.25, -0.2) is 9.37 Å². The third kappa shape index (κ3) is 7.74. The van der Waals surface area contributed by atoms with Crippen molar-refractivity contribution in [3.8, 4) is 17.0 Å². The SMILES string of the molecule is O=C1CCC(N2C(=O)c3ccc(N4C5CCC4CN(CC4CCN(c6ccc(-c7ccc8c(c7)C(=O)N(C(C(=O)Nc7nccs7)c7cc(F)ccc7O)C8)nn6)CC4)C5)cc3C2=O)C(=O)N1. The summed E-state index contributed by atoms with van der Waals surface area (Å²) in [5, 5.41) is 26.8. The number of likely N-dealkylation sites (tertiary alicyclic amines) is 1. The lowest BCUT2D eigenvalue weighted by Crippen LogP contribution is -2.55. The van der Waals surface area contributed by atoms with E-state index in [4.69, 9.17) is 0 Å². The van der Waals surface area contributed by atoms with E-state index in [0.717, 1.165) is 93.0 Å². The second kappa shape index (κ2) is 16.9. The van der Waals surface area contributed by atoms with E-state index in [1.807, 2.05) is 36.4 Å². The van der Waals surface area contributed by atoms with Crippen LogP contribution in [0.4, 0.5) is 21.0 Å². The van der Waals surface area contributed by atoms with Crippen LogP contribution in [0.15, 0.2) is 78.3 Å². The van der Waals surface area contributed by atoms with Crippen LogP contribution in [0, 0.1) is 11.7 Å². The highest BCUT2D eigenvalue weighted by molar-refractivity contribution is 7.13. The summed E-state index contributed by atoms with van der Waals surface area (Å²) in [5.74, 6) is -2.77. The van der Waals surface area contributed by atoms with Crippen LogP contribution in [-0.4, -0.2) is 121 Å². The van der Waals surface area contributed by atoms with E-state index in [-0.39, 0.29) is 48.3 Å². The number of nitrogens with zero attached hydrogens (tertiary/aromatic N) is 8. The highest BCUT2D eigenvalue weighted by Gasteiger charge is 2.47. The maximum Gasteiger partial charge on any atom is 0.262 e. The number of carbonyl (C=O) groups is 6. The molecule has 6 aliphatic rings. The molecule has 2 aromatic heterocycles. The molecule has 19 heteroatoms. The zero-order chi connectivity index (χ0) is 46.1. The van der Waals surface area contributed by atoms with Gasteiger partial charge in [0.1, 0.15) is 23.7 Å². The van der Waals surface area contributed by atoms with Gasteiger partial charge in [0.05, 0.1) is 16.8 Å². The number of piperazine rings is 1. The van der Waals surface area contributed by atoms with Crippen molar-refractivity contribution < 1.29 is 38.3 Å². The Morgan fingerprint density at radius 2 is 1.64 bits per heavy atom. The molecule has 11 rings (SSSR count). The van der Waals surface area contributed by atoms with Gasteiger partial charge in [0.25, 0.3) is 23.6 Å². The average Bonchev–Trinajstić information content (AvgIpc) is 4.08. The zero-order valence-electron chi connectivity index (χ0n) is 36.1. The molecule has 4 fully saturated rings. The maximum absolute atomic E-state index is 14.5. The number of anilines is 3. The standard InChI is InChI=1S/C48H45FN10O7S/c49-29-3-10-39(60)36(20-29)42(44(63)52-48-50-15-18-67-48)57-23-28-2-1-27(19-34(28)45(57)64)37-8-11-40(54-53-37)56-16-13-26(14-17-56)22-55-24-31-4-5-32(25-55)58(31)30-6-7-33-35(21-30)47(66)59(46(33)65)38-9-12-41(61)51-43(38)62/h1-3,6-8,10-11,15,18-21,26,31-32,38,42,60H,4-5,9,12-14,16-17,22-25H2,(H,50,52,63)(H,51,61,62). The summed E-state index contributed by atoms with van der Waals surface area (Å²) >= 11 is 1.20. The first-order chi connectivity index (χ1) is 32.5. The van der Waals surface area contributed by atoms with Gasteiger partial charge in [-0.2, -0.15) is 0 Å². The lowest BCUT2D eigenvalue weighted by molar-refractivity contribution is -0.136. The van der Waals surface area contributed by atoms with E-state index in [1.54, 1.807) is 17.5 Å². The first-order valence-electron chi connectivity index (χ1n) is 22.6. The van der Waals surface area contributed by atoms with E-state index in [1.165, 1.54) is 22.4 Å².